The summed E-state index contributed by atoms with van der Waals surface area (Å²) in [5, 5.41) is 0. The number of furan rings is 1. The SMILES string of the molecule is COc1ccc(C2(c3ccc(C)o3)SCCCS2)cc1OCc1ccccc1. The van der Waals surface area contributed by atoms with Crippen molar-refractivity contribution < 1.29 is 13.9 Å². The number of hydrogen-bond acceptors (Lipinski definition) is 5. The molecule has 3 nitrogen and oxygen atoms in total. The van der Waals surface area contributed by atoms with E-state index in [1.807, 2.05) is 60.8 Å². The molecular weight excluding hydrogens is 388 g/mol. The second-order valence-corrected chi connectivity index (χ2v) is 9.59. The van der Waals surface area contributed by atoms with Gasteiger partial charge in [0, 0.05) is 0 Å². The molecule has 1 aliphatic rings. The number of ether oxygens (including phenoxy) is 2. The number of rotatable bonds is 6. The van der Waals surface area contributed by atoms with Gasteiger partial charge >= 0.3 is 0 Å². The van der Waals surface area contributed by atoms with E-state index in [-0.39, 0.29) is 4.08 Å². The van der Waals surface area contributed by atoms with Gasteiger partial charge in [0.15, 0.2) is 11.5 Å². The molecule has 3 aromatic rings. The zero-order valence-corrected chi connectivity index (χ0v) is 17.8. The first kappa shape index (κ1) is 19.3. The third kappa shape index (κ3) is 3.91. The molecule has 1 fully saturated rings. The highest BCUT2D eigenvalue weighted by atomic mass is 32.2. The molecule has 0 radical (unpaired) electrons. The monoisotopic (exact) mass is 412 g/mol. The summed E-state index contributed by atoms with van der Waals surface area (Å²) in [6.07, 6.45) is 1.21. The molecule has 2 aromatic carbocycles. The van der Waals surface area contributed by atoms with Crippen molar-refractivity contribution in [1.29, 1.82) is 0 Å². The fourth-order valence-corrected chi connectivity index (χ4v) is 6.58. The lowest BCUT2D eigenvalue weighted by molar-refractivity contribution is 0.284. The Hall–Kier alpha value is -1.98. The Bertz CT molecular complexity index is 915. The first-order valence-electron chi connectivity index (χ1n) is 9.41. The highest BCUT2D eigenvalue weighted by Crippen LogP contribution is 2.56. The van der Waals surface area contributed by atoms with Crippen LogP contribution < -0.4 is 9.47 Å². The van der Waals surface area contributed by atoms with Gasteiger partial charge in [-0.25, -0.2) is 0 Å². The van der Waals surface area contributed by atoms with Crippen molar-refractivity contribution in [2.75, 3.05) is 18.6 Å². The maximum Gasteiger partial charge on any atom is 0.162 e. The zero-order valence-electron chi connectivity index (χ0n) is 16.1. The molecule has 0 spiro atoms. The maximum absolute atomic E-state index is 6.16. The number of aryl methyl sites for hydroxylation is 1. The smallest absolute Gasteiger partial charge is 0.162 e. The van der Waals surface area contributed by atoms with Crippen LogP contribution in [0.1, 0.15) is 29.1 Å². The Labute approximate surface area is 174 Å². The average molecular weight is 413 g/mol. The average Bonchev–Trinajstić information content (AvgIpc) is 3.20. The van der Waals surface area contributed by atoms with Crippen molar-refractivity contribution in [2.45, 2.75) is 24.0 Å². The third-order valence-corrected chi connectivity index (χ3v) is 8.12. The Kier molecular flexibility index (Phi) is 5.93. The number of benzene rings is 2. The highest BCUT2D eigenvalue weighted by Gasteiger charge is 2.41. The van der Waals surface area contributed by atoms with Crippen molar-refractivity contribution in [3.05, 3.63) is 83.3 Å². The Morgan fingerprint density at radius 2 is 1.75 bits per heavy atom. The van der Waals surface area contributed by atoms with E-state index in [1.165, 1.54) is 12.0 Å². The van der Waals surface area contributed by atoms with E-state index < -0.39 is 0 Å². The first-order valence-corrected chi connectivity index (χ1v) is 11.4. The predicted molar refractivity (Wildman–Crippen MR) is 118 cm³/mol. The highest BCUT2D eigenvalue weighted by molar-refractivity contribution is 8.18. The van der Waals surface area contributed by atoms with E-state index in [1.54, 1.807) is 7.11 Å². The Morgan fingerprint density at radius 1 is 0.964 bits per heavy atom. The standard InChI is InChI=1S/C23H24O3S2/c1-17-9-12-22(26-17)23(27-13-6-14-28-23)19-10-11-20(24-2)21(15-19)25-16-18-7-4-3-5-8-18/h3-5,7-12,15H,6,13-14,16H2,1-2H3. The molecule has 2 heterocycles. The van der Waals surface area contributed by atoms with Crippen LogP contribution in [-0.4, -0.2) is 18.6 Å². The van der Waals surface area contributed by atoms with E-state index in [0.29, 0.717) is 6.61 Å². The summed E-state index contributed by atoms with van der Waals surface area (Å²) >= 11 is 3.88. The molecule has 28 heavy (non-hydrogen) atoms. The molecule has 146 valence electrons. The van der Waals surface area contributed by atoms with Crippen LogP contribution >= 0.6 is 23.5 Å². The summed E-state index contributed by atoms with van der Waals surface area (Å²) in [6, 6.07) is 20.6. The van der Waals surface area contributed by atoms with Gasteiger partial charge in [-0.3, -0.25) is 0 Å². The molecule has 0 saturated carbocycles. The summed E-state index contributed by atoms with van der Waals surface area (Å²) < 4.78 is 17.6. The third-order valence-electron chi connectivity index (χ3n) is 4.74. The molecule has 0 N–H and O–H groups in total. The van der Waals surface area contributed by atoms with E-state index in [2.05, 4.69) is 30.3 Å². The van der Waals surface area contributed by atoms with Crippen LogP contribution in [0.15, 0.2) is 65.1 Å². The fraction of sp³-hybridized carbons (Fsp3) is 0.304. The van der Waals surface area contributed by atoms with Crippen molar-refractivity contribution >= 4 is 23.5 Å². The lowest BCUT2D eigenvalue weighted by atomic mass is 10.1. The van der Waals surface area contributed by atoms with Gasteiger partial charge < -0.3 is 13.9 Å². The first-order chi connectivity index (χ1) is 13.7. The number of hydrogen-bond donors (Lipinski definition) is 0. The normalized spacial score (nSPS) is 15.9. The molecule has 0 aliphatic carbocycles. The van der Waals surface area contributed by atoms with Gasteiger partial charge in [0.25, 0.3) is 0 Å². The lowest BCUT2D eigenvalue weighted by Crippen LogP contribution is -2.23. The van der Waals surface area contributed by atoms with Crippen LogP contribution in [0.3, 0.4) is 0 Å². The Balaban J connectivity index is 1.69. The molecule has 0 amide bonds. The van der Waals surface area contributed by atoms with Gasteiger partial charge in [0.05, 0.1) is 7.11 Å². The second-order valence-electron chi connectivity index (χ2n) is 6.72. The summed E-state index contributed by atoms with van der Waals surface area (Å²) in [5.41, 5.74) is 2.31. The molecule has 0 bridgehead atoms. The van der Waals surface area contributed by atoms with Crippen molar-refractivity contribution in [3.63, 3.8) is 0 Å². The summed E-state index contributed by atoms with van der Waals surface area (Å²) in [4.78, 5) is 0. The fourth-order valence-electron chi connectivity index (χ4n) is 3.32. The van der Waals surface area contributed by atoms with Crippen molar-refractivity contribution in [2.24, 2.45) is 0 Å². The van der Waals surface area contributed by atoms with Crippen molar-refractivity contribution in [1.82, 2.24) is 0 Å². The van der Waals surface area contributed by atoms with Gasteiger partial charge in [-0.2, -0.15) is 0 Å². The topological polar surface area (TPSA) is 31.6 Å². The van der Waals surface area contributed by atoms with Crippen LogP contribution in [-0.2, 0) is 10.7 Å². The van der Waals surface area contributed by atoms with Crippen LogP contribution in [0.25, 0.3) is 0 Å². The van der Waals surface area contributed by atoms with Gasteiger partial charge in [-0.05, 0) is 60.2 Å². The van der Waals surface area contributed by atoms with E-state index in [4.69, 9.17) is 13.9 Å². The van der Waals surface area contributed by atoms with E-state index in [9.17, 15) is 0 Å². The maximum atomic E-state index is 6.16. The summed E-state index contributed by atoms with van der Waals surface area (Å²) in [6.45, 7) is 2.51. The van der Waals surface area contributed by atoms with Crippen LogP contribution in [0.2, 0.25) is 0 Å². The minimum Gasteiger partial charge on any atom is -0.493 e. The molecule has 1 saturated heterocycles. The molecule has 4 rings (SSSR count). The van der Waals surface area contributed by atoms with Gasteiger partial charge in [0.2, 0.25) is 0 Å². The summed E-state index contributed by atoms with van der Waals surface area (Å²) in [7, 11) is 1.68. The molecule has 1 aliphatic heterocycles. The van der Waals surface area contributed by atoms with Gasteiger partial charge in [-0.1, -0.05) is 36.4 Å². The largest absolute Gasteiger partial charge is 0.493 e. The molecule has 0 unspecified atom stereocenters. The van der Waals surface area contributed by atoms with Gasteiger partial charge in [-0.15, -0.1) is 23.5 Å². The quantitative estimate of drug-likeness (QED) is 0.478. The van der Waals surface area contributed by atoms with Crippen LogP contribution in [0.4, 0.5) is 0 Å². The molecule has 0 atom stereocenters. The second kappa shape index (κ2) is 8.58. The Morgan fingerprint density at radius 3 is 2.43 bits per heavy atom. The predicted octanol–water partition coefficient (Wildman–Crippen LogP) is 6.25. The number of thioether (sulfide) groups is 2. The van der Waals surface area contributed by atoms with Gasteiger partial charge in [0.1, 0.15) is 22.2 Å². The summed E-state index contributed by atoms with van der Waals surface area (Å²) in [5.74, 6) is 5.67. The van der Waals surface area contributed by atoms with Crippen molar-refractivity contribution in [3.8, 4) is 11.5 Å². The minimum atomic E-state index is -0.246. The van der Waals surface area contributed by atoms with Crippen LogP contribution in [0, 0.1) is 6.92 Å². The molecule has 5 heteroatoms. The number of methoxy groups -OCH3 is 1. The molecule has 1 aromatic heterocycles. The zero-order chi connectivity index (χ0) is 19.4. The van der Waals surface area contributed by atoms with Crippen LogP contribution in [0.5, 0.6) is 11.5 Å². The minimum absolute atomic E-state index is 0.246. The van der Waals surface area contributed by atoms with E-state index >= 15 is 0 Å². The lowest BCUT2D eigenvalue weighted by Gasteiger charge is -2.35. The van der Waals surface area contributed by atoms with E-state index in [0.717, 1.165) is 40.1 Å². The molecular formula is C23H24O3S2.